The lowest BCUT2D eigenvalue weighted by Crippen LogP contribution is -2.37. The Labute approximate surface area is 118 Å². The van der Waals surface area contributed by atoms with Gasteiger partial charge in [0.2, 0.25) is 0 Å². The molecule has 0 heterocycles. The number of nitrogens with zero attached hydrogens (tertiary/aromatic N) is 1. The topological polar surface area (TPSA) is 55.2 Å². The Morgan fingerprint density at radius 3 is 2.90 bits per heavy atom. The number of benzene rings is 1. The van der Waals surface area contributed by atoms with E-state index < -0.39 is 10.7 Å². The molecule has 2 rings (SSSR count). The van der Waals surface area contributed by atoms with E-state index in [9.17, 15) is 14.5 Å². The van der Waals surface area contributed by atoms with E-state index in [0.29, 0.717) is 23.6 Å². The molecule has 0 aromatic heterocycles. The van der Waals surface area contributed by atoms with Gasteiger partial charge in [0.05, 0.1) is 4.92 Å². The Hall–Kier alpha value is -1.49. The molecular formula is C15H21FN2O2. The predicted octanol–water partition coefficient (Wildman–Crippen LogP) is 3.79. The van der Waals surface area contributed by atoms with Gasteiger partial charge in [0.25, 0.3) is 5.69 Å². The molecule has 1 aromatic rings. The minimum atomic E-state index is -0.457. The molecule has 0 spiro atoms. The van der Waals surface area contributed by atoms with Crippen molar-refractivity contribution in [3.63, 3.8) is 0 Å². The maximum atomic E-state index is 13.2. The summed E-state index contributed by atoms with van der Waals surface area (Å²) in [6.45, 7) is 4.83. The van der Waals surface area contributed by atoms with Crippen LogP contribution in [-0.4, -0.2) is 11.0 Å². The third-order valence-corrected chi connectivity index (χ3v) is 4.02. The number of hydrogen-bond acceptors (Lipinski definition) is 3. The minimum absolute atomic E-state index is 0.0195. The number of nitro benzene ring substituents is 1. The molecular weight excluding hydrogens is 259 g/mol. The fourth-order valence-electron chi connectivity index (χ4n) is 3.00. The van der Waals surface area contributed by atoms with Crippen LogP contribution in [0.5, 0.6) is 0 Å². The number of nitro groups is 1. The average Bonchev–Trinajstić information content (AvgIpc) is 2.35. The van der Waals surface area contributed by atoms with E-state index in [0.717, 1.165) is 25.3 Å². The minimum Gasteiger partial charge on any atom is -0.310 e. The smallest absolute Gasteiger partial charge is 0.274 e. The van der Waals surface area contributed by atoms with Gasteiger partial charge in [0, 0.05) is 24.2 Å². The lowest BCUT2D eigenvalue weighted by Gasteiger charge is -2.35. The molecule has 1 aliphatic rings. The van der Waals surface area contributed by atoms with Crippen LogP contribution in [0.1, 0.15) is 45.1 Å². The summed E-state index contributed by atoms with van der Waals surface area (Å²) in [6, 6.07) is 3.96. The third kappa shape index (κ3) is 3.76. The summed E-state index contributed by atoms with van der Waals surface area (Å²) in [6.07, 6.45) is 4.50. The molecule has 1 fully saturated rings. The largest absolute Gasteiger partial charge is 0.310 e. The SMILES string of the molecule is CC1(C)CCCC(NCc2cc(F)ccc2[N+](=O)[O-])C1. The van der Waals surface area contributed by atoms with E-state index in [2.05, 4.69) is 19.2 Å². The van der Waals surface area contributed by atoms with Gasteiger partial charge in [-0.2, -0.15) is 0 Å². The molecule has 1 aliphatic carbocycles. The highest BCUT2D eigenvalue weighted by atomic mass is 19.1. The van der Waals surface area contributed by atoms with Crippen LogP contribution in [0, 0.1) is 21.3 Å². The Balaban J connectivity index is 2.03. The van der Waals surface area contributed by atoms with Crippen molar-refractivity contribution in [3.05, 3.63) is 39.7 Å². The summed E-state index contributed by atoms with van der Waals surface area (Å²) in [5.41, 5.74) is 0.705. The van der Waals surface area contributed by atoms with Crippen LogP contribution in [0.25, 0.3) is 0 Å². The molecule has 1 saturated carbocycles. The highest BCUT2D eigenvalue weighted by Crippen LogP contribution is 2.35. The van der Waals surface area contributed by atoms with Gasteiger partial charge in [-0.1, -0.05) is 20.3 Å². The molecule has 4 nitrogen and oxygen atoms in total. The van der Waals surface area contributed by atoms with Crippen molar-refractivity contribution in [1.29, 1.82) is 0 Å². The maximum absolute atomic E-state index is 13.2. The number of rotatable bonds is 4. The molecule has 0 amide bonds. The summed E-state index contributed by atoms with van der Waals surface area (Å²) in [5, 5.41) is 14.3. The van der Waals surface area contributed by atoms with Crippen LogP contribution in [0.2, 0.25) is 0 Å². The van der Waals surface area contributed by atoms with Crippen molar-refractivity contribution in [2.45, 2.75) is 52.1 Å². The predicted molar refractivity (Wildman–Crippen MR) is 75.9 cm³/mol. The third-order valence-electron chi connectivity index (χ3n) is 4.02. The van der Waals surface area contributed by atoms with Gasteiger partial charge < -0.3 is 5.32 Å². The van der Waals surface area contributed by atoms with Gasteiger partial charge >= 0.3 is 0 Å². The second-order valence-electron chi connectivity index (χ2n) is 6.37. The number of halogens is 1. The van der Waals surface area contributed by atoms with Crippen molar-refractivity contribution in [2.75, 3.05) is 0 Å². The van der Waals surface area contributed by atoms with Gasteiger partial charge in [-0.25, -0.2) is 4.39 Å². The van der Waals surface area contributed by atoms with Gasteiger partial charge in [0.15, 0.2) is 0 Å². The van der Waals surface area contributed by atoms with Crippen molar-refractivity contribution in [2.24, 2.45) is 5.41 Å². The van der Waals surface area contributed by atoms with Crippen LogP contribution >= 0.6 is 0 Å². The summed E-state index contributed by atoms with van der Waals surface area (Å²) in [5.74, 6) is -0.434. The van der Waals surface area contributed by atoms with Crippen LogP contribution in [0.3, 0.4) is 0 Å². The average molecular weight is 280 g/mol. The molecule has 5 heteroatoms. The highest BCUT2D eigenvalue weighted by Gasteiger charge is 2.28. The summed E-state index contributed by atoms with van der Waals surface area (Å²) < 4.78 is 13.2. The lowest BCUT2D eigenvalue weighted by molar-refractivity contribution is -0.385. The summed E-state index contributed by atoms with van der Waals surface area (Å²) in [4.78, 5) is 10.5. The summed E-state index contributed by atoms with van der Waals surface area (Å²) in [7, 11) is 0. The van der Waals surface area contributed by atoms with Gasteiger partial charge in [-0.05, 0) is 36.8 Å². The van der Waals surface area contributed by atoms with Gasteiger partial charge in [-0.15, -0.1) is 0 Å². The van der Waals surface area contributed by atoms with Gasteiger partial charge in [-0.3, -0.25) is 10.1 Å². The Kier molecular flexibility index (Phi) is 4.38. The first-order valence-corrected chi connectivity index (χ1v) is 7.04. The first-order valence-electron chi connectivity index (χ1n) is 7.04. The standard InChI is InChI=1S/C15H21FN2O2/c1-15(2)7-3-4-13(9-15)17-10-11-8-12(16)5-6-14(11)18(19)20/h5-6,8,13,17H,3-4,7,9-10H2,1-2H3. The number of hydrogen-bond donors (Lipinski definition) is 1. The van der Waals surface area contributed by atoms with Crippen LogP contribution in [0.4, 0.5) is 10.1 Å². The van der Waals surface area contributed by atoms with Crippen molar-refractivity contribution in [3.8, 4) is 0 Å². The van der Waals surface area contributed by atoms with Crippen LogP contribution < -0.4 is 5.32 Å². The second kappa shape index (κ2) is 5.87. The van der Waals surface area contributed by atoms with Gasteiger partial charge in [0.1, 0.15) is 5.82 Å². The first kappa shape index (κ1) is 14.9. The fourth-order valence-corrected chi connectivity index (χ4v) is 3.00. The maximum Gasteiger partial charge on any atom is 0.274 e. The second-order valence-corrected chi connectivity index (χ2v) is 6.37. The molecule has 110 valence electrons. The molecule has 0 radical (unpaired) electrons. The van der Waals surface area contributed by atoms with E-state index in [-0.39, 0.29) is 5.69 Å². The van der Waals surface area contributed by atoms with E-state index in [1.165, 1.54) is 18.6 Å². The normalized spacial score (nSPS) is 21.6. The monoisotopic (exact) mass is 280 g/mol. The van der Waals surface area contributed by atoms with E-state index in [1.807, 2.05) is 0 Å². The zero-order chi connectivity index (χ0) is 14.8. The number of nitrogens with one attached hydrogen (secondary N) is 1. The fraction of sp³-hybridized carbons (Fsp3) is 0.600. The highest BCUT2D eigenvalue weighted by molar-refractivity contribution is 5.40. The molecule has 0 bridgehead atoms. The van der Waals surface area contributed by atoms with Crippen molar-refractivity contribution in [1.82, 2.24) is 5.32 Å². The molecule has 0 aliphatic heterocycles. The molecule has 0 saturated heterocycles. The Bertz CT molecular complexity index is 503. The Morgan fingerprint density at radius 2 is 2.25 bits per heavy atom. The zero-order valence-corrected chi connectivity index (χ0v) is 12.0. The van der Waals surface area contributed by atoms with E-state index in [4.69, 9.17) is 0 Å². The molecule has 1 atom stereocenters. The van der Waals surface area contributed by atoms with E-state index >= 15 is 0 Å². The molecule has 1 N–H and O–H groups in total. The van der Waals surface area contributed by atoms with Crippen LogP contribution in [0.15, 0.2) is 18.2 Å². The quantitative estimate of drug-likeness (QED) is 0.674. The molecule has 1 aromatic carbocycles. The molecule has 20 heavy (non-hydrogen) atoms. The van der Waals surface area contributed by atoms with Crippen LogP contribution in [-0.2, 0) is 6.54 Å². The summed E-state index contributed by atoms with van der Waals surface area (Å²) >= 11 is 0. The first-order chi connectivity index (χ1) is 9.37. The van der Waals surface area contributed by atoms with Crippen molar-refractivity contribution < 1.29 is 9.31 Å². The molecule has 1 unspecified atom stereocenters. The zero-order valence-electron chi connectivity index (χ0n) is 12.0. The van der Waals surface area contributed by atoms with Crippen molar-refractivity contribution >= 4 is 5.69 Å². The Morgan fingerprint density at radius 1 is 1.50 bits per heavy atom. The lowest BCUT2D eigenvalue weighted by atomic mass is 9.75. The van der Waals surface area contributed by atoms with E-state index in [1.54, 1.807) is 0 Å².